The molecule has 1 aliphatic rings. The van der Waals surface area contributed by atoms with Crippen molar-refractivity contribution in [2.75, 3.05) is 25.6 Å². The average Bonchev–Trinajstić information content (AvgIpc) is 3.29. The minimum absolute atomic E-state index is 0.00879. The second kappa shape index (κ2) is 7.56. The molecule has 0 aromatic carbocycles. The van der Waals surface area contributed by atoms with E-state index in [1.807, 2.05) is 41.8 Å². The monoisotopic (exact) mass is 409 g/mol. The number of methoxy groups -OCH3 is 1. The topological polar surface area (TPSA) is 90.1 Å². The molecular formula is C21H27N7O2. The molecule has 0 saturated carbocycles. The van der Waals surface area contributed by atoms with Crippen LogP contribution in [0.1, 0.15) is 29.9 Å². The summed E-state index contributed by atoms with van der Waals surface area (Å²) in [6.07, 6.45) is 5.50. The number of nitrogens with zero attached hydrogens (tertiary/aromatic N) is 6. The van der Waals surface area contributed by atoms with Gasteiger partial charge in [0.1, 0.15) is 11.5 Å². The fraction of sp³-hybridized carbons (Fsp3) is 0.429. The Kier molecular flexibility index (Phi) is 5.07. The van der Waals surface area contributed by atoms with E-state index < -0.39 is 0 Å². The first kappa shape index (κ1) is 20.1. The van der Waals surface area contributed by atoms with Crippen molar-refractivity contribution in [2.45, 2.75) is 32.9 Å². The molecule has 0 atom stereocenters. The summed E-state index contributed by atoms with van der Waals surface area (Å²) in [4.78, 5) is 24.2. The molecule has 4 heterocycles. The van der Waals surface area contributed by atoms with Crippen LogP contribution < -0.4 is 5.32 Å². The zero-order chi connectivity index (χ0) is 21.5. The van der Waals surface area contributed by atoms with Crippen LogP contribution in [0, 0.1) is 6.92 Å². The molecule has 9 heteroatoms. The lowest BCUT2D eigenvalue weighted by Gasteiger charge is -2.42. The maximum atomic E-state index is 13.2. The van der Waals surface area contributed by atoms with Crippen LogP contribution in [0.4, 0.5) is 11.8 Å². The van der Waals surface area contributed by atoms with Gasteiger partial charge in [-0.25, -0.2) is 9.97 Å². The number of ether oxygens (including phenoxy) is 1. The van der Waals surface area contributed by atoms with E-state index in [4.69, 9.17) is 9.72 Å². The third kappa shape index (κ3) is 3.56. The van der Waals surface area contributed by atoms with E-state index in [0.717, 1.165) is 22.6 Å². The highest BCUT2D eigenvalue weighted by molar-refractivity contribution is 5.95. The molecule has 0 radical (unpaired) electrons. The van der Waals surface area contributed by atoms with Crippen molar-refractivity contribution >= 4 is 17.7 Å². The van der Waals surface area contributed by atoms with Gasteiger partial charge in [0, 0.05) is 51.3 Å². The summed E-state index contributed by atoms with van der Waals surface area (Å²) >= 11 is 0. The number of hydrogen-bond acceptors (Lipinski definition) is 6. The quantitative estimate of drug-likeness (QED) is 0.673. The highest BCUT2D eigenvalue weighted by Gasteiger charge is 2.38. The van der Waals surface area contributed by atoms with E-state index in [0.29, 0.717) is 31.3 Å². The summed E-state index contributed by atoms with van der Waals surface area (Å²) in [6.45, 7) is 7.91. The number of anilines is 2. The molecule has 1 N–H and O–H groups in total. The Morgan fingerprint density at radius 3 is 2.83 bits per heavy atom. The molecule has 3 aromatic rings. The van der Waals surface area contributed by atoms with Crippen molar-refractivity contribution in [3.05, 3.63) is 42.0 Å². The molecule has 0 unspecified atom stereocenters. The number of nitrogens with one attached hydrogen (secondary N) is 1. The Bertz CT molecular complexity index is 1080. The molecule has 158 valence electrons. The van der Waals surface area contributed by atoms with Gasteiger partial charge in [-0.2, -0.15) is 5.10 Å². The number of fused-ring (bicyclic) bond motifs is 1. The van der Waals surface area contributed by atoms with Gasteiger partial charge in [0.2, 0.25) is 5.95 Å². The van der Waals surface area contributed by atoms with Gasteiger partial charge in [-0.1, -0.05) is 0 Å². The number of amides is 1. The Morgan fingerprint density at radius 2 is 2.13 bits per heavy atom. The normalized spacial score (nSPS) is 15.4. The number of rotatable bonds is 6. The van der Waals surface area contributed by atoms with Crippen LogP contribution in [-0.4, -0.2) is 60.9 Å². The van der Waals surface area contributed by atoms with E-state index >= 15 is 0 Å². The highest BCUT2D eigenvalue weighted by atomic mass is 16.5. The Hall–Kier alpha value is -3.20. The molecule has 0 fully saturated rings. The van der Waals surface area contributed by atoms with Crippen molar-refractivity contribution in [1.29, 1.82) is 0 Å². The van der Waals surface area contributed by atoms with Crippen LogP contribution in [0.3, 0.4) is 0 Å². The van der Waals surface area contributed by atoms with E-state index in [9.17, 15) is 4.79 Å². The molecule has 9 nitrogen and oxygen atoms in total. The summed E-state index contributed by atoms with van der Waals surface area (Å²) in [7, 11) is 3.50. The largest absolute Gasteiger partial charge is 0.383 e. The molecule has 0 bridgehead atoms. The Balaban J connectivity index is 1.68. The first-order chi connectivity index (χ1) is 14.3. The molecule has 0 saturated heterocycles. The molecule has 1 amide bonds. The maximum Gasteiger partial charge on any atom is 0.271 e. The molecular weight excluding hydrogens is 382 g/mol. The lowest BCUT2D eigenvalue weighted by molar-refractivity contribution is 0.0318. The predicted octanol–water partition coefficient (Wildman–Crippen LogP) is 2.61. The van der Waals surface area contributed by atoms with Gasteiger partial charge >= 0.3 is 0 Å². The van der Waals surface area contributed by atoms with Crippen LogP contribution in [-0.2, 0) is 18.3 Å². The van der Waals surface area contributed by atoms with Gasteiger partial charge in [-0.15, -0.1) is 0 Å². The SMILES string of the molecule is COCCN1C(=O)c2cc(-c3nc(Nc4ccnn4C)ncc3C)cn2CC1(C)C. The van der Waals surface area contributed by atoms with Crippen molar-refractivity contribution in [2.24, 2.45) is 7.05 Å². The summed E-state index contributed by atoms with van der Waals surface area (Å²) in [5, 5.41) is 7.34. The second-order valence-electron chi connectivity index (χ2n) is 8.19. The lowest BCUT2D eigenvalue weighted by Crippen LogP contribution is -2.55. The van der Waals surface area contributed by atoms with Gasteiger partial charge in [0.25, 0.3) is 5.91 Å². The Morgan fingerprint density at radius 1 is 1.33 bits per heavy atom. The van der Waals surface area contributed by atoms with Gasteiger partial charge in [0.15, 0.2) is 0 Å². The summed E-state index contributed by atoms with van der Waals surface area (Å²) < 4.78 is 8.94. The summed E-state index contributed by atoms with van der Waals surface area (Å²) in [5.41, 5.74) is 3.00. The van der Waals surface area contributed by atoms with Gasteiger partial charge in [0.05, 0.1) is 24.0 Å². The lowest BCUT2D eigenvalue weighted by atomic mass is 9.99. The van der Waals surface area contributed by atoms with Crippen LogP contribution in [0.15, 0.2) is 30.7 Å². The summed E-state index contributed by atoms with van der Waals surface area (Å²) in [5.74, 6) is 1.29. The molecule has 4 rings (SSSR count). The van der Waals surface area contributed by atoms with E-state index in [2.05, 4.69) is 29.2 Å². The zero-order valence-electron chi connectivity index (χ0n) is 18.0. The van der Waals surface area contributed by atoms with E-state index in [-0.39, 0.29) is 11.4 Å². The first-order valence-electron chi connectivity index (χ1n) is 9.90. The number of aryl methyl sites for hydroxylation is 2. The number of aromatic nitrogens is 5. The maximum absolute atomic E-state index is 13.2. The third-order valence-corrected chi connectivity index (χ3v) is 5.47. The fourth-order valence-electron chi connectivity index (χ4n) is 3.86. The fourth-order valence-corrected chi connectivity index (χ4v) is 3.86. The minimum Gasteiger partial charge on any atom is -0.383 e. The number of carbonyl (C=O) groups excluding carboxylic acids is 1. The van der Waals surface area contributed by atoms with Gasteiger partial charge < -0.3 is 19.5 Å². The van der Waals surface area contributed by atoms with Gasteiger partial charge in [-0.05, 0) is 32.4 Å². The molecule has 1 aliphatic heterocycles. The zero-order valence-corrected chi connectivity index (χ0v) is 18.0. The average molecular weight is 409 g/mol. The number of carbonyl (C=O) groups is 1. The Labute approximate surface area is 175 Å². The highest BCUT2D eigenvalue weighted by Crippen LogP contribution is 2.32. The van der Waals surface area contributed by atoms with Crippen molar-refractivity contribution < 1.29 is 9.53 Å². The third-order valence-electron chi connectivity index (χ3n) is 5.47. The number of hydrogen-bond donors (Lipinski definition) is 1. The van der Waals surface area contributed by atoms with Crippen molar-refractivity contribution in [3.8, 4) is 11.3 Å². The molecule has 0 spiro atoms. The second-order valence-corrected chi connectivity index (χ2v) is 8.19. The van der Waals surface area contributed by atoms with E-state index in [1.165, 1.54) is 0 Å². The molecule has 3 aromatic heterocycles. The minimum atomic E-state index is -0.300. The smallest absolute Gasteiger partial charge is 0.271 e. The van der Waals surface area contributed by atoms with Crippen LogP contribution in [0.2, 0.25) is 0 Å². The van der Waals surface area contributed by atoms with Crippen LogP contribution in [0.25, 0.3) is 11.3 Å². The molecule has 0 aliphatic carbocycles. The van der Waals surface area contributed by atoms with Crippen LogP contribution >= 0.6 is 0 Å². The van der Waals surface area contributed by atoms with E-state index in [1.54, 1.807) is 24.2 Å². The summed E-state index contributed by atoms with van der Waals surface area (Å²) in [6, 6.07) is 3.77. The van der Waals surface area contributed by atoms with Crippen molar-refractivity contribution in [3.63, 3.8) is 0 Å². The standard InChI is InChI=1S/C21H27N7O2/c1-14-11-22-20(24-17-6-7-23-26(17)4)25-18(14)15-10-16-19(29)28(8-9-30-5)21(2,3)13-27(16)12-15/h6-7,10-12H,8-9,13H2,1-5H3,(H,22,24,25). The van der Waals surface area contributed by atoms with Gasteiger partial charge in [-0.3, -0.25) is 9.48 Å². The molecule has 30 heavy (non-hydrogen) atoms. The first-order valence-corrected chi connectivity index (χ1v) is 9.90. The predicted molar refractivity (Wildman–Crippen MR) is 114 cm³/mol. The van der Waals surface area contributed by atoms with Crippen LogP contribution in [0.5, 0.6) is 0 Å². The van der Waals surface area contributed by atoms with Crippen molar-refractivity contribution in [1.82, 2.24) is 29.2 Å².